The molecule has 0 aromatic carbocycles. The predicted octanol–water partition coefficient (Wildman–Crippen LogP) is 4.12. The second kappa shape index (κ2) is 5.36. The summed E-state index contributed by atoms with van der Waals surface area (Å²) in [5.41, 5.74) is 1.63. The van der Waals surface area contributed by atoms with E-state index in [9.17, 15) is 4.79 Å². The number of methoxy groups -OCH3 is 1. The van der Waals surface area contributed by atoms with Gasteiger partial charge >= 0.3 is 5.97 Å². The summed E-state index contributed by atoms with van der Waals surface area (Å²) in [4.78, 5) is 11.9. The van der Waals surface area contributed by atoms with Crippen molar-refractivity contribution in [1.82, 2.24) is 0 Å². The predicted molar refractivity (Wildman–Crippen MR) is 86.4 cm³/mol. The van der Waals surface area contributed by atoms with Crippen molar-refractivity contribution < 1.29 is 14.3 Å². The molecular formula is C19H30O3. The van der Waals surface area contributed by atoms with Crippen LogP contribution in [0.3, 0.4) is 0 Å². The molecule has 3 fully saturated rings. The van der Waals surface area contributed by atoms with Crippen LogP contribution in [0, 0.1) is 23.2 Å². The molecule has 3 nitrogen and oxygen atoms in total. The van der Waals surface area contributed by atoms with Gasteiger partial charge in [-0.25, -0.2) is 0 Å². The van der Waals surface area contributed by atoms with E-state index in [1.807, 2.05) is 0 Å². The first-order chi connectivity index (χ1) is 10.5. The number of carbonyl (C=O) groups excluding carboxylic acids is 1. The van der Waals surface area contributed by atoms with Gasteiger partial charge in [0.15, 0.2) is 0 Å². The minimum atomic E-state index is -0.144. The summed E-state index contributed by atoms with van der Waals surface area (Å²) in [6, 6.07) is 0. The monoisotopic (exact) mass is 306 g/mol. The molecule has 1 saturated heterocycles. The lowest BCUT2D eigenvalue weighted by Gasteiger charge is -2.56. The highest BCUT2D eigenvalue weighted by atomic mass is 16.5. The summed E-state index contributed by atoms with van der Waals surface area (Å²) in [5, 5.41) is 0. The van der Waals surface area contributed by atoms with E-state index < -0.39 is 0 Å². The number of rotatable bonds is 5. The average Bonchev–Trinajstić information content (AvgIpc) is 2.90. The van der Waals surface area contributed by atoms with Gasteiger partial charge in [-0.3, -0.25) is 4.79 Å². The molecule has 3 aliphatic rings. The summed E-state index contributed by atoms with van der Waals surface area (Å²) in [7, 11) is 1.47. The molecule has 124 valence electrons. The largest absolute Gasteiger partial charge is 0.469 e. The highest BCUT2D eigenvalue weighted by Gasteiger charge is 2.77. The van der Waals surface area contributed by atoms with Gasteiger partial charge in [0.2, 0.25) is 0 Å². The van der Waals surface area contributed by atoms with E-state index in [0.717, 1.165) is 25.2 Å². The molecule has 22 heavy (non-hydrogen) atoms. The number of hydrogen-bond acceptors (Lipinski definition) is 3. The van der Waals surface area contributed by atoms with Crippen LogP contribution in [-0.4, -0.2) is 24.8 Å². The van der Waals surface area contributed by atoms with Crippen LogP contribution < -0.4 is 0 Å². The SMILES string of the molecule is C/C=C1/[C@H]2[C@H](CC)C[C@@]3(CC)O[C@H](CC(=O)OC)[C@]1(CC)[C@@H]23. The van der Waals surface area contributed by atoms with Crippen LogP contribution >= 0.6 is 0 Å². The maximum atomic E-state index is 11.9. The van der Waals surface area contributed by atoms with Crippen LogP contribution in [0.4, 0.5) is 0 Å². The molecule has 6 atom stereocenters. The fraction of sp³-hybridized carbons (Fsp3) is 0.842. The zero-order valence-corrected chi connectivity index (χ0v) is 14.6. The van der Waals surface area contributed by atoms with Gasteiger partial charge in [-0.2, -0.15) is 0 Å². The number of allylic oxidation sites excluding steroid dienone is 1. The summed E-state index contributed by atoms with van der Waals surface area (Å²) < 4.78 is 11.6. The maximum Gasteiger partial charge on any atom is 0.308 e. The zero-order chi connectivity index (χ0) is 16.1. The zero-order valence-electron chi connectivity index (χ0n) is 14.6. The van der Waals surface area contributed by atoms with Crippen LogP contribution in [-0.2, 0) is 14.3 Å². The van der Waals surface area contributed by atoms with Gasteiger partial charge in [-0.15, -0.1) is 0 Å². The van der Waals surface area contributed by atoms with Gasteiger partial charge in [0.1, 0.15) is 0 Å². The number of carbonyl (C=O) groups is 1. The molecule has 1 aliphatic heterocycles. The van der Waals surface area contributed by atoms with E-state index in [2.05, 4.69) is 33.8 Å². The fourth-order valence-electron chi connectivity index (χ4n) is 6.23. The molecule has 1 heterocycles. The van der Waals surface area contributed by atoms with Crippen LogP contribution in [0.2, 0.25) is 0 Å². The first-order valence-electron chi connectivity index (χ1n) is 8.95. The average molecular weight is 306 g/mol. The van der Waals surface area contributed by atoms with Gasteiger partial charge in [0.05, 0.1) is 25.2 Å². The topological polar surface area (TPSA) is 35.5 Å². The molecule has 0 aromatic heterocycles. The minimum absolute atomic E-state index is 0.00449. The highest BCUT2D eigenvalue weighted by Crippen LogP contribution is 2.77. The van der Waals surface area contributed by atoms with Gasteiger partial charge in [-0.05, 0) is 38.0 Å². The molecule has 0 spiro atoms. The van der Waals surface area contributed by atoms with Gasteiger partial charge < -0.3 is 9.47 Å². The Hall–Kier alpha value is -0.830. The summed E-state index contributed by atoms with van der Waals surface area (Å²) in [6.07, 6.45) is 7.21. The lowest BCUT2D eigenvalue weighted by molar-refractivity contribution is -0.147. The molecule has 2 aliphatic carbocycles. The van der Waals surface area contributed by atoms with Crippen molar-refractivity contribution >= 4 is 5.97 Å². The molecule has 0 aromatic rings. The molecule has 3 heteroatoms. The Morgan fingerprint density at radius 2 is 2.09 bits per heavy atom. The standard InChI is InChI=1S/C19H30O3/c1-6-12-11-18(8-3)17-16(12)13(7-2)19(17,9-4)14(22-18)10-15(20)21-5/h7,12,14,16-17H,6,8-11H2,1-5H3/b13-7-/t12-,14-,16-,17+,18-,19-/m1/s1. The Kier molecular flexibility index (Phi) is 3.91. The van der Waals surface area contributed by atoms with E-state index in [1.165, 1.54) is 13.5 Å². The van der Waals surface area contributed by atoms with E-state index in [1.54, 1.807) is 5.57 Å². The molecule has 2 saturated carbocycles. The molecule has 0 amide bonds. The van der Waals surface area contributed by atoms with Crippen molar-refractivity contribution in [3.8, 4) is 0 Å². The van der Waals surface area contributed by atoms with Crippen molar-refractivity contribution in [2.24, 2.45) is 23.2 Å². The third-order valence-electron chi connectivity index (χ3n) is 7.04. The fourth-order valence-corrected chi connectivity index (χ4v) is 6.23. The Balaban J connectivity index is 2.02. The normalized spacial score (nSPS) is 47.4. The number of hydrogen-bond donors (Lipinski definition) is 0. The Morgan fingerprint density at radius 1 is 1.36 bits per heavy atom. The molecule has 0 N–H and O–H groups in total. The molecular weight excluding hydrogens is 276 g/mol. The molecule has 0 radical (unpaired) electrons. The molecule has 3 rings (SSSR count). The minimum Gasteiger partial charge on any atom is -0.469 e. The van der Waals surface area contributed by atoms with E-state index in [-0.39, 0.29) is 23.1 Å². The van der Waals surface area contributed by atoms with Gasteiger partial charge in [0, 0.05) is 11.3 Å². The van der Waals surface area contributed by atoms with Crippen molar-refractivity contribution in [2.45, 2.75) is 71.5 Å². The van der Waals surface area contributed by atoms with Crippen molar-refractivity contribution in [1.29, 1.82) is 0 Å². The Morgan fingerprint density at radius 3 is 2.59 bits per heavy atom. The molecule has 0 unspecified atom stereocenters. The van der Waals surface area contributed by atoms with Crippen molar-refractivity contribution in [3.63, 3.8) is 0 Å². The molecule has 0 bridgehead atoms. The van der Waals surface area contributed by atoms with Crippen LogP contribution in [0.5, 0.6) is 0 Å². The lowest BCUT2D eigenvalue weighted by Crippen LogP contribution is -2.55. The first-order valence-corrected chi connectivity index (χ1v) is 8.95. The summed E-state index contributed by atoms with van der Waals surface area (Å²) in [5.74, 6) is 1.88. The van der Waals surface area contributed by atoms with Crippen LogP contribution in [0.25, 0.3) is 0 Å². The highest BCUT2D eigenvalue weighted by molar-refractivity contribution is 5.70. The summed E-state index contributed by atoms with van der Waals surface area (Å²) in [6.45, 7) is 8.98. The van der Waals surface area contributed by atoms with Crippen LogP contribution in [0.15, 0.2) is 11.6 Å². The second-order valence-electron chi connectivity index (χ2n) is 7.32. The van der Waals surface area contributed by atoms with Crippen molar-refractivity contribution in [2.75, 3.05) is 7.11 Å². The number of ether oxygens (including phenoxy) is 2. The first kappa shape index (κ1) is 16.0. The third kappa shape index (κ3) is 1.69. The Bertz CT molecular complexity index is 497. The second-order valence-corrected chi connectivity index (χ2v) is 7.32. The van der Waals surface area contributed by atoms with Gasteiger partial charge in [0.25, 0.3) is 0 Å². The van der Waals surface area contributed by atoms with Crippen LogP contribution in [0.1, 0.15) is 59.8 Å². The lowest BCUT2D eigenvalue weighted by atomic mass is 9.45. The van der Waals surface area contributed by atoms with E-state index in [0.29, 0.717) is 18.3 Å². The summed E-state index contributed by atoms with van der Waals surface area (Å²) >= 11 is 0. The van der Waals surface area contributed by atoms with E-state index >= 15 is 0 Å². The quantitative estimate of drug-likeness (QED) is 0.566. The number of esters is 1. The van der Waals surface area contributed by atoms with Crippen molar-refractivity contribution in [3.05, 3.63) is 11.6 Å². The smallest absolute Gasteiger partial charge is 0.308 e. The third-order valence-corrected chi connectivity index (χ3v) is 7.04. The maximum absolute atomic E-state index is 11.9. The van der Waals surface area contributed by atoms with Gasteiger partial charge in [-0.1, -0.05) is 38.8 Å². The Labute approximate surface area is 134 Å². The van der Waals surface area contributed by atoms with E-state index in [4.69, 9.17) is 9.47 Å².